The van der Waals surface area contributed by atoms with E-state index in [1.54, 1.807) is 12.1 Å². The Morgan fingerprint density at radius 1 is 0.971 bits per heavy atom. The van der Waals surface area contributed by atoms with Crippen LogP contribution in [0, 0.1) is 0 Å². The van der Waals surface area contributed by atoms with Crippen LogP contribution in [-0.4, -0.2) is 29.6 Å². The van der Waals surface area contributed by atoms with Crippen LogP contribution in [0.1, 0.15) is 36.5 Å². The number of ether oxygens (including phenoxy) is 2. The monoisotopic (exact) mass is 487 g/mol. The van der Waals surface area contributed by atoms with Crippen molar-refractivity contribution in [3.63, 3.8) is 0 Å². The molecule has 6 nitrogen and oxygen atoms in total. The predicted octanol–water partition coefficient (Wildman–Crippen LogP) is 6.28. The van der Waals surface area contributed by atoms with Crippen molar-refractivity contribution in [3.8, 4) is 11.5 Å². The maximum absolute atomic E-state index is 13.2. The summed E-state index contributed by atoms with van der Waals surface area (Å²) in [4.78, 5) is 20.5. The first-order valence-corrected chi connectivity index (χ1v) is 12.1. The summed E-state index contributed by atoms with van der Waals surface area (Å²) in [6.07, 6.45) is 2.97. The molecule has 0 saturated carbocycles. The van der Waals surface area contributed by atoms with Crippen molar-refractivity contribution < 1.29 is 14.3 Å². The number of carbonyl (C=O) groups excluding carboxylic acids is 1. The van der Waals surface area contributed by atoms with E-state index in [2.05, 4.69) is 36.2 Å². The molecule has 0 spiro atoms. The maximum atomic E-state index is 13.2. The van der Waals surface area contributed by atoms with Gasteiger partial charge in [-0.3, -0.25) is 14.7 Å². The Bertz CT molecular complexity index is 1310. The number of benzene rings is 3. The maximum Gasteiger partial charge on any atom is 0.238 e. The highest BCUT2D eigenvalue weighted by atomic mass is 35.5. The highest BCUT2D eigenvalue weighted by molar-refractivity contribution is 6.31. The van der Waals surface area contributed by atoms with Gasteiger partial charge in [0.25, 0.3) is 0 Å². The quantitative estimate of drug-likeness (QED) is 0.398. The van der Waals surface area contributed by atoms with Crippen LogP contribution in [0.3, 0.4) is 0 Å². The molecular weight excluding hydrogens is 462 g/mol. The molecule has 1 amide bonds. The fourth-order valence-electron chi connectivity index (χ4n) is 4.38. The number of anilines is 1. The molecular formula is C28H26ClN3O3. The van der Waals surface area contributed by atoms with E-state index in [1.165, 1.54) is 18.1 Å². The Morgan fingerprint density at radius 3 is 2.46 bits per heavy atom. The minimum Gasteiger partial charge on any atom is -0.458 e. The highest BCUT2D eigenvalue weighted by Crippen LogP contribution is 2.39. The second kappa shape index (κ2) is 9.94. The Kier molecular flexibility index (Phi) is 6.57. The molecule has 0 saturated heterocycles. The largest absolute Gasteiger partial charge is 0.458 e. The molecule has 3 aromatic carbocycles. The third-order valence-corrected chi connectivity index (χ3v) is 6.53. The summed E-state index contributed by atoms with van der Waals surface area (Å²) in [5.74, 6) is 0.450. The molecule has 1 atom stereocenters. The summed E-state index contributed by atoms with van der Waals surface area (Å²) in [5.41, 5.74) is 4.94. The second-order valence-electron chi connectivity index (χ2n) is 8.45. The van der Waals surface area contributed by atoms with Crippen molar-refractivity contribution in [1.82, 2.24) is 4.90 Å². The minimum atomic E-state index is -0.587. The number of nitrogens with zero attached hydrogens (tertiary/aromatic N) is 2. The number of carbonyl (C=O) groups is 1. The lowest BCUT2D eigenvalue weighted by Gasteiger charge is -2.18. The molecule has 2 aliphatic rings. The first-order chi connectivity index (χ1) is 17.1. The number of halogens is 1. The van der Waals surface area contributed by atoms with Crippen molar-refractivity contribution >= 4 is 34.6 Å². The summed E-state index contributed by atoms with van der Waals surface area (Å²) in [7, 11) is 0. The third-order valence-electron chi connectivity index (χ3n) is 6.29. The van der Waals surface area contributed by atoms with Gasteiger partial charge in [-0.1, -0.05) is 43.6 Å². The van der Waals surface area contributed by atoms with Crippen molar-refractivity contribution in [2.45, 2.75) is 26.3 Å². The molecule has 2 aliphatic heterocycles. The number of aliphatic imine (C=N–C) groups is 1. The van der Waals surface area contributed by atoms with Crippen molar-refractivity contribution in [2.24, 2.45) is 4.99 Å². The summed E-state index contributed by atoms with van der Waals surface area (Å²) < 4.78 is 11.1. The highest BCUT2D eigenvalue weighted by Gasteiger charge is 2.36. The average Bonchev–Trinajstić information content (AvgIpc) is 3.20. The number of rotatable bonds is 7. The topological polar surface area (TPSA) is 63.2 Å². The zero-order valence-electron chi connectivity index (χ0n) is 19.6. The van der Waals surface area contributed by atoms with Crippen LogP contribution in [-0.2, 0) is 11.3 Å². The van der Waals surface area contributed by atoms with Crippen molar-refractivity contribution in [1.29, 1.82) is 0 Å². The van der Waals surface area contributed by atoms with E-state index in [-0.39, 0.29) is 5.91 Å². The van der Waals surface area contributed by atoms with Gasteiger partial charge in [0.2, 0.25) is 5.91 Å². The van der Waals surface area contributed by atoms with Gasteiger partial charge in [0, 0.05) is 22.8 Å². The molecule has 35 heavy (non-hydrogen) atoms. The van der Waals surface area contributed by atoms with Gasteiger partial charge >= 0.3 is 0 Å². The fraction of sp³-hybridized carbons (Fsp3) is 0.214. The Balaban J connectivity index is 1.56. The lowest BCUT2D eigenvalue weighted by atomic mass is 9.90. The van der Waals surface area contributed by atoms with Gasteiger partial charge in [-0.25, -0.2) is 0 Å². The van der Waals surface area contributed by atoms with E-state index < -0.39 is 5.92 Å². The zero-order valence-corrected chi connectivity index (χ0v) is 20.4. The van der Waals surface area contributed by atoms with Crippen molar-refractivity contribution in [2.75, 3.05) is 18.4 Å². The van der Waals surface area contributed by atoms with Gasteiger partial charge in [-0.15, -0.1) is 0 Å². The molecule has 178 valence electrons. The Labute approximate surface area is 209 Å². The lowest BCUT2D eigenvalue weighted by molar-refractivity contribution is -0.115. The van der Waals surface area contributed by atoms with Crippen LogP contribution in [0.5, 0.6) is 11.5 Å². The van der Waals surface area contributed by atoms with E-state index in [1.807, 2.05) is 36.4 Å². The van der Waals surface area contributed by atoms with Gasteiger partial charge in [0.1, 0.15) is 18.4 Å². The molecule has 1 unspecified atom stereocenters. The van der Waals surface area contributed by atoms with Crippen molar-refractivity contribution in [3.05, 3.63) is 94.9 Å². The van der Waals surface area contributed by atoms with Crippen LogP contribution >= 0.6 is 11.6 Å². The Morgan fingerprint density at radius 2 is 1.71 bits per heavy atom. The van der Waals surface area contributed by atoms with E-state index in [9.17, 15) is 4.79 Å². The normalized spacial score (nSPS) is 16.4. The molecule has 7 heteroatoms. The van der Waals surface area contributed by atoms with Gasteiger partial charge in [0.05, 0.1) is 11.4 Å². The number of nitrogens with one attached hydrogen (secondary N) is 1. The molecule has 3 aromatic rings. The summed E-state index contributed by atoms with van der Waals surface area (Å²) in [6.45, 7) is 7.21. The molecule has 2 heterocycles. The summed E-state index contributed by atoms with van der Waals surface area (Å²) in [6, 6.07) is 19.2. The smallest absolute Gasteiger partial charge is 0.238 e. The fourth-order valence-corrected chi connectivity index (χ4v) is 4.55. The molecule has 0 radical (unpaired) electrons. The second-order valence-corrected chi connectivity index (χ2v) is 8.88. The third kappa shape index (κ3) is 4.81. The van der Waals surface area contributed by atoms with E-state index in [4.69, 9.17) is 26.1 Å². The SMILES string of the molecule is CCN(CC)Cc1ccc(N=C(c2ccc3c(c2)OC=CO3)C2C(=O)Nc3cc(Cl)ccc32)cc1. The number of amides is 1. The van der Waals surface area contributed by atoms with Gasteiger partial charge in [-0.2, -0.15) is 0 Å². The molecule has 0 aromatic heterocycles. The Hall–Kier alpha value is -3.61. The number of fused-ring (bicyclic) bond motifs is 2. The number of hydrogen-bond acceptors (Lipinski definition) is 5. The molecule has 0 bridgehead atoms. The summed E-state index contributed by atoms with van der Waals surface area (Å²) in [5, 5.41) is 3.52. The molecule has 1 N–H and O–H groups in total. The van der Waals surface area contributed by atoms with Crippen LogP contribution in [0.4, 0.5) is 11.4 Å². The molecule has 5 rings (SSSR count). The van der Waals surface area contributed by atoms with E-state index in [0.29, 0.717) is 27.9 Å². The van der Waals surface area contributed by atoms with Gasteiger partial charge in [-0.05, 0) is 66.7 Å². The predicted molar refractivity (Wildman–Crippen MR) is 139 cm³/mol. The number of hydrogen-bond donors (Lipinski definition) is 1. The molecule has 0 aliphatic carbocycles. The van der Waals surface area contributed by atoms with Crippen LogP contribution in [0.25, 0.3) is 0 Å². The van der Waals surface area contributed by atoms with Gasteiger partial charge < -0.3 is 14.8 Å². The lowest BCUT2D eigenvalue weighted by Crippen LogP contribution is -2.22. The van der Waals surface area contributed by atoms with Crippen LogP contribution < -0.4 is 14.8 Å². The van der Waals surface area contributed by atoms with Crippen LogP contribution in [0.2, 0.25) is 5.02 Å². The van der Waals surface area contributed by atoms with E-state index in [0.717, 1.165) is 36.4 Å². The first-order valence-electron chi connectivity index (χ1n) is 11.7. The average molecular weight is 488 g/mol. The summed E-state index contributed by atoms with van der Waals surface area (Å²) >= 11 is 6.17. The zero-order chi connectivity index (χ0) is 24.4. The standard InChI is InChI=1S/C28H26ClN3O3/c1-3-32(4-2)17-18-5-9-21(10-6-18)30-27(19-7-12-24-25(15-19)35-14-13-34-24)26-22-11-8-20(29)16-23(22)31-28(26)33/h5-16,26H,3-4,17H2,1-2H3,(H,31,33). The van der Waals surface area contributed by atoms with Gasteiger partial charge in [0.15, 0.2) is 11.5 Å². The minimum absolute atomic E-state index is 0.144. The first kappa shape index (κ1) is 23.1. The molecule has 0 fully saturated rings. The van der Waals surface area contributed by atoms with E-state index >= 15 is 0 Å². The van der Waals surface area contributed by atoms with Crippen LogP contribution in [0.15, 0.2) is 78.2 Å².